The summed E-state index contributed by atoms with van der Waals surface area (Å²) in [6.45, 7) is 6.95. The molecule has 1 atom stereocenters. The third-order valence-corrected chi connectivity index (χ3v) is 3.22. The first-order chi connectivity index (χ1) is 8.61. The average Bonchev–Trinajstić information content (AvgIpc) is 2.65. The first-order valence-corrected chi connectivity index (χ1v) is 6.55. The Morgan fingerprint density at radius 3 is 2.61 bits per heavy atom. The second-order valence-corrected chi connectivity index (χ2v) is 4.85. The molecule has 1 heterocycles. The zero-order valence-electron chi connectivity index (χ0n) is 11.0. The summed E-state index contributed by atoms with van der Waals surface area (Å²) < 4.78 is 5.62. The summed E-state index contributed by atoms with van der Waals surface area (Å²) in [6.07, 6.45) is 0. The smallest absolute Gasteiger partial charge is 0.106 e. The van der Waals surface area contributed by atoms with Crippen molar-refractivity contribution in [3.63, 3.8) is 0 Å². The van der Waals surface area contributed by atoms with E-state index < -0.39 is 0 Å². The SMILES string of the molecule is CCNC(c1cccc(Cl)c1)c1cc(C)oc1C. The lowest BCUT2D eigenvalue weighted by molar-refractivity contribution is 0.495. The molecule has 1 aromatic carbocycles. The van der Waals surface area contributed by atoms with Gasteiger partial charge in [0.2, 0.25) is 0 Å². The zero-order valence-corrected chi connectivity index (χ0v) is 11.7. The van der Waals surface area contributed by atoms with Crippen LogP contribution in [-0.2, 0) is 0 Å². The predicted molar refractivity (Wildman–Crippen MR) is 75.2 cm³/mol. The van der Waals surface area contributed by atoms with Gasteiger partial charge in [-0.3, -0.25) is 0 Å². The maximum Gasteiger partial charge on any atom is 0.106 e. The molecule has 2 nitrogen and oxygen atoms in total. The summed E-state index contributed by atoms with van der Waals surface area (Å²) in [5.74, 6) is 1.89. The molecule has 0 radical (unpaired) electrons. The molecule has 18 heavy (non-hydrogen) atoms. The maximum atomic E-state index is 6.07. The molecule has 0 aliphatic carbocycles. The highest BCUT2D eigenvalue weighted by Gasteiger charge is 2.18. The molecule has 2 rings (SSSR count). The van der Waals surface area contributed by atoms with Gasteiger partial charge in [0, 0.05) is 10.6 Å². The van der Waals surface area contributed by atoms with Gasteiger partial charge in [0.05, 0.1) is 6.04 Å². The lowest BCUT2D eigenvalue weighted by Crippen LogP contribution is -2.22. The van der Waals surface area contributed by atoms with Gasteiger partial charge in [-0.25, -0.2) is 0 Å². The van der Waals surface area contributed by atoms with Crippen molar-refractivity contribution in [1.82, 2.24) is 5.32 Å². The van der Waals surface area contributed by atoms with Crippen LogP contribution in [0.15, 0.2) is 34.7 Å². The van der Waals surface area contributed by atoms with Gasteiger partial charge in [-0.05, 0) is 44.2 Å². The van der Waals surface area contributed by atoms with Crippen molar-refractivity contribution in [1.29, 1.82) is 0 Å². The van der Waals surface area contributed by atoms with Crippen LogP contribution in [0.4, 0.5) is 0 Å². The molecule has 0 saturated heterocycles. The molecular formula is C15H18ClNO. The van der Waals surface area contributed by atoms with Gasteiger partial charge in [-0.15, -0.1) is 0 Å². The highest BCUT2D eigenvalue weighted by molar-refractivity contribution is 6.30. The van der Waals surface area contributed by atoms with Crippen molar-refractivity contribution >= 4 is 11.6 Å². The highest BCUT2D eigenvalue weighted by Crippen LogP contribution is 2.28. The summed E-state index contributed by atoms with van der Waals surface area (Å²) in [4.78, 5) is 0. The fraction of sp³-hybridized carbons (Fsp3) is 0.333. The Balaban J connectivity index is 2.42. The second kappa shape index (κ2) is 5.59. The van der Waals surface area contributed by atoms with Crippen molar-refractivity contribution in [2.24, 2.45) is 0 Å². The number of halogens is 1. The monoisotopic (exact) mass is 263 g/mol. The van der Waals surface area contributed by atoms with Gasteiger partial charge in [0.15, 0.2) is 0 Å². The van der Waals surface area contributed by atoms with Crippen LogP contribution >= 0.6 is 11.6 Å². The molecule has 1 unspecified atom stereocenters. The molecule has 0 fully saturated rings. The minimum atomic E-state index is 0.131. The van der Waals surface area contributed by atoms with E-state index >= 15 is 0 Å². The number of rotatable bonds is 4. The van der Waals surface area contributed by atoms with E-state index in [0.717, 1.165) is 28.7 Å². The molecule has 0 spiro atoms. The van der Waals surface area contributed by atoms with E-state index in [4.69, 9.17) is 16.0 Å². The topological polar surface area (TPSA) is 25.2 Å². The molecule has 3 heteroatoms. The third-order valence-electron chi connectivity index (χ3n) is 2.98. The molecular weight excluding hydrogens is 246 g/mol. The largest absolute Gasteiger partial charge is 0.466 e. The normalized spacial score (nSPS) is 12.7. The average molecular weight is 264 g/mol. The van der Waals surface area contributed by atoms with Crippen LogP contribution in [0.1, 0.15) is 35.6 Å². The molecule has 1 N–H and O–H groups in total. The predicted octanol–water partition coefficient (Wildman–Crippen LogP) is 4.25. The standard InChI is InChI=1S/C15H18ClNO/c1-4-17-15(12-6-5-7-13(16)9-12)14-8-10(2)18-11(14)3/h5-9,15,17H,4H2,1-3H3. The maximum absolute atomic E-state index is 6.07. The number of nitrogens with one attached hydrogen (secondary N) is 1. The minimum Gasteiger partial charge on any atom is -0.466 e. The number of aryl methyl sites for hydroxylation is 2. The quantitative estimate of drug-likeness (QED) is 0.892. The van der Waals surface area contributed by atoms with Gasteiger partial charge in [0.25, 0.3) is 0 Å². The molecule has 0 amide bonds. The van der Waals surface area contributed by atoms with E-state index in [1.165, 1.54) is 5.56 Å². The first-order valence-electron chi connectivity index (χ1n) is 6.17. The number of hydrogen-bond donors (Lipinski definition) is 1. The van der Waals surface area contributed by atoms with E-state index in [-0.39, 0.29) is 6.04 Å². The molecule has 0 aliphatic rings. The highest BCUT2D eigenvalue weighted by atomic mass is 35.5. The number of benzene rings is 1. The number of furan rings is 1. The van der Waals surface area contributed by atoms with E-state index in [1.54, 1.807) is 0 Å². The first kappa shape index (κ1) is 13.2. The van der Waals surface area contributed by atoms with Crippen LogP contribution in [0.25, 0.3) is 0 Å². The van der Waals surface area contributed by atoms with Gasteiger partial charge in [-0.1, -0.05) is 30.7 Å². The Hall–Kier alpha value is -1.25. The third kappa shape index (κ3) is 2.77. The van der Waals surface area contributed by atoms with Crippen LogP contribution < -0.4 is 5.32 Å². The van der Waals surface area contributed by atoms with Crippen molar-refractivity contribution in [3.8, 4) is 0 Å². The van der Waals surface area contributed by atoms with Gasteiger partial charge in [0.1, 0.15) is 11.5 Å². The van der Waals surface area contributed by atoms with Crippen molar-refractivity contribution in [2.75, 3.05) is 6.54 Å². The van der Waals surface area contributed by atoms with E-state index in [1.807, 2.05) is 32.0 Å². The van der Waals surface area contributed by atoms with Gasteiger partial charge in [-0.2, -0.15) is 0 Å². The van der Waals surface area contributed by atoms with E-state index in [9.17, 15) is 0 Å². The fourth-order valence-corrected chi connectivity index (χ4v) is 2.43. The summed E-state index contributed by atoms with van der Waals surface area (Å²) in [7, 11) is 0. The van der Waals surface area contributed by atoms with Crippen LogP contribution in [0, 0.1) is 13.8 Å². The van der Waals surface area contributed by atoms with Gasteiger partial charge >= 0.3 is 0 Å². The van der Waals surface area contributed by atoms with Crippen molar-refractivity contribution in [3.05, 3.63) is 58.0 Å². The molecule has 1 aromatic heterocycles. The molecule has 96 valence electrons. The summed E-state index contributed by atoms with van der Waals surface area (Å²) in [5, 5.41) is 4.24. The van der Waals surface area contributed by atoms with Crippen LogP contribution in [0.2, 0.25) is 5.02 Å². The fourth-order valence-electron chi connectivity index (χ4n) is 2.23. The Bertz CT molecular complexity index is 533. The summed E-state index contributed by atoms with van der Waals surface area (Å²) in [6, 6.07) is 10.2. The minimum absolute atomic E-state index is 0.131. The number of hydrogen-bond acceptors (Lipinski definition) is 2. The lowest BCUT2D eigenvalue weighted by atomic mass is 9.99. The van der Waals surface area contributed by atoms with E-state index in [0.29, 0.717) is 0 Å². The Kier molecular flexibility index (Phi) is 4.10. The Morgan fingerprint density at radius 1 is 1.28 bits per heavy atom. The second-order valence-electron chi connectivity index (χ2n) is 4.41. The summed E-state index contributed by atoms with van der Waals surface area (Å²) >= 11 is 6.07. The van der Waals surface area contributed by atoms with Gasteiger partial charge < -0.3 is 9.73 Å². The Morgan fingerprint density at radius 2 is 2.06 bits per heavy atom. The molecule has 0 aliphatic heterocycles. The molecule has 0 saturated carbocycles. The summed E-state index contributed by atoms with van der Waals surface area (Å²) in [5.41, 5.74) is 2.34. The van der Waals surface area contributed by atoms with Crippen LogP contribution in [0.3, 0.4) is 0 Å². The van der Waals surface area contributed by atoms with Crippen molar-refractivity contribution in [2.45, 2.75) is 26.8 Å². The van der Waals surface area contributed by atoms with Crippen LogP contribution in [0.5, 0.6) is 0 Å². The molecule has 2 aromatic rings. The zero-order chi connectivity index (χ0) is 13.1. The Labute approximate surface area is 113 Å². The molecule has 0 bridgehead atoms. The van der Waals surface area contributed by atoms with Crippen LogP contribution in [-0.4, -0.2) is 6.54 Å². The van der Waals surface area contributed by atoms with E-state index in [2.05, 4.69) is 24.4 Å². The lowest BCUT2D eigenvalue weighted by Gasteiger charge is -2.18. The van der Waals surface area contributed by atoms with Crippen molar-refractivity contribution < 1.29 is 4.42 Å².